The second-order valence-electron chi connectivity index (χ2n) is 7.07. The van der Waals surface area contributed by atoms with Gasteiger partial charge in [0.25, 0.3) is 0 Å². The van der Waals surface area contributed by atoms with Crippen LogP contribution in [-0.2, 0) is 6.61 Å². The van der Waals surface area contributed by atoms with Gasteiger partial charge in [-0.1, -0.05) is 54.1 Å². The summed E-state index contributed by atoms with van der Waals surface area (Å²) in [5.41, 5.74) is 3.70. The van der Waals surface area contributed by atoms with Crippen molar-refractivity contribution in [3.05, 3.63) is 95.1 Å². The molecule has 3 aromatic carbocycles. The molecule has 0 heterocycles. The van der Waals surface area contributed by atoms with Crippen molar-refractivity contribution in [1.82, 2.24) is 0 Å². The van der Waals surface area contributed by atoms with Crippen LogP contribution < -0.4 is 14.2 Å². The van der Waals surface area contributed by atoms with Crippen LogP contribution in [0.5, 0.6) is 17.2 Å². The van der Waals surface area contributed by atoms with E-state index in [0.717, 1.165) is 33.9 Å². The van der Waals surface area contributed by atoms with E-state index in [0.29, 0.717) is 25.4 Å². The van der Waals surface area contributed by atoms with Gasteiger partial charge in [0.05, 0.1) is 13.2 Å². The van der Waals surface area contributed by atoms with Gasteiger partial charge in [0.2, 0.25) is 0 Å². The predicted octanol–water partition coefficient (Wildman–Crippen LogP) is 6.27. The van der Waals surface area contributed by atoms with Crippen molar-refractivity contribution in [2.75, 3.05) is 13.2 Å². The molecule has 0 atom stereocenters. The van der Waals surface area contributed by atoms with Gasteiger partial charge in [-0.05, 0) is 62.2 Å². The first kappa shape index (κ1) is 22.2. The Morgan fingerprint density at radius 3 is 2.32 bits per heavy atom. The van der Waals surface area contributed by atoms with E-state index in [-0.39, 0.29) is 5.78 Å². The summed E-state index contributed by atoms with van der Waals surface area (Å²) < 4.78 is 17.2. The minimum Gasteiger partial charge on any atom is -0.490 e. The molecule has 0 bridgehead atoms. The van der Waals surface area contributed by atoms with E-state index in [4.69, 9.17) is 14.2 Å². The Kier molecular flexibility index (Phi) is 7.88. The normalized spacial score (nSPS) is 10.8. The number of rotatable bonds is 10. The van der Waals surface area contributed by atoms with Crippen molar-refractivity contribution in [1.29, 1.82) is 0 Å². The highest BCUT2D eigenvalue weighted by Crippen LogP contribution is 2.29. The molecule has 0 saturated carbocycles. The van der Waals surface area contributed by atoms with Gasteiger partial charge in [0.15, 0.2) is 17.3 Å². The molecule has 0 aliphatic heterocycles. The smallest absolute Gasteiger partial charge is 0.185 e. The van der Waals surface area contributed by atoms with Crippen LogP contribution in [0.25, 0.3) is 6.08 Å². The Morgan fingerprint density at radius 2 is 1.58 bits per heavy atom. The Hall–Kier alpha value is -3.53. The molecule has 31 heavy (non-hydrogen) atoms. The van der Waals surface area contributed by atoms with Crippen LogP contribution in [0.1, 0.15) is 40.9 Å². The third-order valence-electron chi connectivity index (χ3n) is 4.63. The highest BCUT2D eigenvalue weighted by atomic mass is 16.5. The highest BCUT2D eigenvalue weighted by Gasteiger charge is 2.07. The van der Waals surface area contributed by atoms with Crippen molar-refractivity contribution >= 4 is 11.9 Å². The van der Waals surface area contributed by atoms with Gasteiger partial charge in [0, 0.05) is 5.56 Å². The lowest BCUT2D eigenvalue weighted by Gasteiger charge is -2.13. The molecule has 0 saturated heterocycles. The maximum Gasteiger partial charge on any atom is 0.185 e. The number of ketones is 1. The van der Waals surface area contributed by atoms with Crippen LogP contribution in [0.2, 0.25) is 0 Å². The first-order valence-electron chi connectivity index (χ1n) is 10.5. The molecule has 4 nitrogen and oxygen atoms in total. The zero-order valence-corrected chi connectivity index (χ0v) is 18.3. The maximum absolute atomic E-state index is 12.3. The number of aryl methyl sites for hydroxylation is 1. The average molecular weight is 417 g/mol. The molecular weight excluding hydrogens is 388 g/mol. The molecule has 0 amide bonds. The van der Waals surface area contributed by atoms with Gasteiger partial charge in [-0.25, -0.2) is 0 Å². The van der Waals surface area contributed by atoms with Crippen LogP contribution in [-0.4, -0.2) is 19.0 Å². The summed E-state index contributed by atoms with van der Waals surface area (Å²) in [5, 5.41) is 0. The Morgan fingerprint density at radius 1 is 0.839 bits per heavy atom. The Bertz CT molecular complexity index is 1040. The van der Waals surface area contributed by atoms with Gasteiger partial charge < -0.3 is 14.2 Å². The van der Waals surface area contributed by atoms with Gasteiger partial charge in [-0.15, -0.1) is 0 Å². The summed E-state index contributed by atoms with van der Waals surface area (Å²) in [4.78, 5) is 12.3. The lowest BCUT2D eigenvalue weighted by molar-refractivity contribution is 0.104. The SMILES string of the molecule is CCOc1ccc(COc2cccc(/C=C/C(=O)c3ccc(C)cc3)c2)cc1OCC. The molecule has 0 unspecified atom stereocenters. The van der Waals surface area contributed by atoms with E-state index in [2.05, 4.69) is 0 Å². The summed E-state index contributed by atoms with van der Waals surface area (Å²) >= 11 is 0. The van der Waals surface area contributed by atoms with Gasteiger partial charge in [-0.3, -0.25) is 4.79 Å². The molecule has 0 fully saturated rings. The van der Waals surface area contributed by atoms with E-state index in [1.54, 1.807) is 12.2 Å². The fraction of sp³-hybridized carbons (Fsp3) is 0.222. The molecular formula is C27H28O4. The summed E-state index contributed by atoms with van der Waals surface area (Å²) in [6, 6.07) is 21.0. The van der Waals surface area contributed by atoms with Gasteiger partial charge in [0.1, 0.15) is 12.4 Å². The average Bonchev–Trinajstić information content (AvgIpc) is 2.78. The second kappa shape index (κ2) is 11.0. The van der Waals surface area contributed by atoms with Gasteiger partial charge in [-0.2, -0.15) is 0 Å². The molecule has 3 rings (SSSR count). The molecule has 0 aliphatic carbocycles. The third-order valence-corrected chi connectivity index (χ3v) is 4.63. The number of hydrogen-bond acceptors (Lipinski definition) is 4. The van der Waals surface area contributed by atoms with Crippen LogP contribution in [0, 0.1) is 6.92 Å². The lowest BCUT2D eigenvalue weighted by atomic mass is 10.1. The van der Waals surface area contributed by atoms with Crippen molar-refractivity contribution in [3.8, 4) is 17.2 Å². The predicted molar refractivity (Wildman–Crippen MR) is 124 cm³/mol. The van der Waals surface area contributed by atoms with Crippen molar-refractivity contribution < 1.29 is 19.0 Å². The molecule has 0 spiro atoms. The van der Waals surface area contributed by atoms with Crippen LogP contribution in [0.15, 0.2) is 72.8 Å². The highest BCUT2D eigenvalue weighted by molar-refractivity contribution is 6.06. The number of carbonyl (C=O) groups excluding carboxylic acids is 1. The Balaban J connectivity index is 1.64. The first-order chi connectivity index (χ1) is 15.1. The topological polar surface area (TPSA) is 44.8 Å². The summed E-state index contributed by atoms with van der Waals surface area (Å²) in [6.45, 7) is 7.45. The van der Waals surface area contributed by atoms with Crippen molar-refractivity contribution in [3.63, 3.8) is 0 Å². The first-order valence-corrected chi connectivity index (χ1v) is 10.5. The Labute approximate surface area is 184 Å². The molecule has 3 aromatic rings. The fourth-order valence-electron chi connectivity index (χ4n) is 3.05. The molecule has 160 valence electrons. The number of ether oxygens (including phenoxy) is 3. The molecule has 0 aliphatic rings. The maximum atomic E-state index is 12.3. The number of benzene rings is 3. The number of allylic oxidation sites excluding steroid dienone is 1. The molecule has 0 aromatic heterocycles. The monoisotopic (exact) mass is 416 g/mol. The zero-order chi connectivity index (χ0) is 22.1. The molecule has 0 radical (unpaired) electrons. The zero-order valence-electron chi connectivity index (χ0n) is 18.3. The quantitative estimate of drug-likeness (QED) is 0.289. The summed E-state index contributed by atoms with van der Waals surface area (Å²) in [5.74, 6) is 2.16. The third kappa shape index (κ3) is 6.48. The summed E-state index contributed by atoms with van der Waals surface area (Å²) in [6.07, 6.45) is 3.39. The van der Waals surface area contributed by atoms with Crippen LogP contribution in [0.3, 0.4) is 0 Å². The fourth-order valence-corrected chi connectivity index (χ4v) is 3.05. The van der Waals surface area contributed by atoms with E-state index in [1.807, 2.05) is 87.5 Å². The van der Waals surface area contributed by atoms with Crippen molar-refractivity contribution in [2.45, 2.75) is 27.4 Å². The van der Waals surface area contributed by atoms with E-state index < -0.39 is 0 Å². The summed E-state index contributed by atoms with van der Waals surface area (Å²) in [7, 11) is 0. The number of hydrogen-bond donors (Lipinski definition) is 0. The number of carbonyl (C=O) groups is 1. The van der Waals surface area contributed by atoms with E-state index in [1.165, 1.54) is 0 Å². The van der Waals surface area contributed by atoms with Crippen LogP contribution >= 0.6 is 0 Å². The molecule has 0 N–H and O–H groups in total. The minimum atomic E-state index is -0.0239. The molecule has 4 heteroatoms. The van der Waals surface area contributed by atoms with E-state index in [9.17, 15) is 4.79 Å². The largest absolute Gasteiger partial charge is 0.490 e. The lowest BCUT2D eigenvalue weighted by Crippen LogP contribution is -2.01. The minimum absolute atomic E-state index is 0.0239. The van der Waals surface area contributed by atoms with Crippen LogP contribution in [0.4, 0.5) is 0 Å². The standard InChI is InChI=1S/C27H28O4/c1-4-29-26-16-12-22(18-27(26)30-5-2)19-31-24-8-6-7-21(17-24)11-15-25(28)23-13-9-20(3)10-14-23/h6-18H,4-5,19H2,1-3H3/b15-11+. The van der Waals surface area contributed by atoms with Gasteiger partial charge >= 0.3 is 0 Å². The van der Waals surface area contributed by atoms with Crippen molar-refractivity contribution in [2.24, 2.45) is 0 Å². The van der Waals surface area contributed by atoms with E-state index >= 15 is 0 Å². The second-order valence-corrected chi connectivity index (χ2v) is 7.07.